The van der Waals surface area contributed by atoms with Gasteiger partial charge in [-0.25, -0.2) is 9.59 Å². The largest absolute Gasteiger partial charge is 0.478 e. The van der Waals surface area contributed by atoms with Crippen molar-refractivity contribution in [2.45, 2.75) is 12.8 Å². The monoisotopic (exact) mass is 724 g/mol. The number of ketones is 1. The normalized spacial score (nSPS) is 9.42. The van der Waals surface area contributed by atoms with Gasteiger partial charge in [0.2, 0.25) is 0 Å². The van der Waals surface area contributed by atoms with Crippen LogP contribution in [0.4, 0.5) is 5.69 Å². The van der Waals surface area contributed by atoms with E-state index in [-0.39, 0.29) is 23.7 Å². The number of halogens is 1. The molecule has 0 fully saturated rings. The predicted molar refractivity (Wildman–Crippen MR) is 181 cm³/mol. The van der Waals surface area contributed by atoms with Crippen molar-refractivity contribution in [2.24, 2.45) is 4.99 Å². The van der Waals surface area contributed by atoms with Crippen LogP contribution in [-0.2, 0) is 9.49 Å². The molecule has 43 heavy (non-hydrogen) atoms. The summed E-state index contributed by atoms with van der Waals surface area (Å²) in [6.07, 6.45) is 0.705. The number of carbonyl (C=O) groups is 4. The van der Waals surface area contributed by atoms with Crippen molar-refractivity contribution >= 4 is 86.8 Å². The predicted octanol–water partition coefficient (Wildman–Crippen LogP) is 7.28. The molecule has 11 heteroatoms. The summed E-state index contributed by atoms with van der Waals surface area (Å²) in [6.45, 7) is 0. The number of rotatable bonds is 8. The zero-order valence-electron chi connectivity index (χ0n) is 22.5. The molecule has 0 radical (unpaired) electrons. The third kappa shape index (κ3) is 13.0. The quantitative estimate of drug-likeness (QED) is 0.0632. The number of nitrogen functional groups attached to an aromatic ring is 1. The zero-order valence-corrected chi connectivity index (χ0v) is 26.3. The summed E-state index contributed by atoms with van der Waals surface area (Å²) in [7, 11) is 0. The van der Waals surface area contributed by atoms with Gasteiger partial charge in [-0.2, -0.15) is 4.99 Å². The van der Waals surface area contributed by atoms with Gasteiger partial charge in [0.25, 0.3) is 5.91 Å². The Balaban J connectivity index is 0.000000255. The van der Waals surface area contributed by atoms with Crippen LogP contribution in [-0.4, -0.2) is 38.8 Å². The zero-order chi connectivity index (χ0) is 31.6. The van der Waals surface area contributed by atoms with E-state index in [0.717, 1.165) is 5.56 Å². The number of aliphatic imine (C=N–C) groups is 1. The lowest BCUT2D eigenvalue weighted by Gasteiger charge is -2.05. The molecule has 4 aromatic carbocycles. The highest BCUT2D eigenvalue weighted by molar-refractivity contribution is 14.1. The highest BCUT2D eigenvalue weighted by Crippen LogP contribution is 2.12. The molecule has 0 saturated heterocycles. The highest BCUT2D eigenvalue weighted by atomic mass is 127. The number of carboxylic acids is 1. The molecule has 8 nitrogen and oxygen atoms in total. The summed E-state index contributed by atoms with van der Waals surface area (Å²) in [6, 6.07) is 31.1. The Bertz CT molecular complexity index is 1630. The number of isothiocyanates is 1. The molecule has 1 amide bonds. The Morgan fingerprint density at radius 2 is 1.35 bits per heavy atom. The Labute approximate surface area is 273 Å². The van der Waals surface area contributed by atoms with Gasteiger partial charge in [0.05, 0.1) is 16.3 Å². The summed E-state index contributed by atoms with van der Waals surface area (Å²) < 4.78 is 4.66. The van der Waals surface area contributed by atoms with Gasteiger partial charge in [-0.15, -0.1) is 0 Å². The maximum Gasteiger partial charge on any atom is 0.347 e. The fourth-order valence-electron chi connectivity index (χ4n) is 3.41. The summed E-state index contributed by atoms with van der Waals surface area (Å²) in [4.78, 5) is 48.8. The van der Waals surface area contributed by atoms with Gasteiger partial charge < -0.3 is 13.9 Å². The Kier molecular flexibility index (Phi) is 15.3. The van der Waals surface area contributed by atoms with Crippen molar-refractivity contribution in [2.75, 3.05) is 5.73 Å². The van der Waals surface area contributed by atoms with Crippen LogP contribution in [0.3, 0.4) is 0 Å². The molecule has 0 heterocycles. The average molecular weight is 725 g/mol. The standard InChI is InChI=1S/C17H13IO3S.C8H5NOS.C7H7NO2/c18-21-17(20)14-8-4-5-12(9-14)10-15(22)11-16(19)13-6-2-1-3-7-13;10-8(9-6-11)7-4-2-1-3-5-7;8-6-3-1-2-5(4-6)7(9)10/h1-9H,10-11H2;1-5H;1-4H,8H2,(H,9,10). The first-order valence-electron chi connectivity index (χ1n) is 12.4. The molecule has 4 aromatic rings. The number of amides is 1. The third-order valence-corrected chi connectivity index (χ3v) is 6.17. The van der Waals surface area contributed by atoms with E-state index < -0.39 is 11.9 Å². The first-order valence-corrected chi connectivity index (χ1v) is 14.1. The molecule has 0 spiro atoms. The lowest BCUT2D eigenvalue weighted by Crippen LogP contribution is -2.09. The number of anilines is 1. The van der Waals surface area contributed by atoms with Gasteiger partial charge in [-0.3, -0.25) is 9.59 Å². The number of aromatic carboxylic acids is 1. The number of Topliss-reactive ketones (excluding diaryl/α,β-unsaturated/α-hetero) is 1. The number of nitrogens with zero attached hydrogens (tertiary/aromatic N) is 1. The number of thiocarbonyl (C=S) groups is 2. The first kappa shape index (κ1) is 34.8. The van der Waals surface area contributed by atoms with Crippen LogP contribution in [0.5, 0.6) is 0 Å². The second-order valence-corrected chi connectivity index (χ2v) is 9.75. The van der Waals surface area contributed by atoms with Gasteiger partial charge >= 0.3 is 11.9 Å². The van der Waals surface area contributed by atoms with Crippen LogP contribution in [0.25, 0.3) is 0 Å². The molecule has 218 valence electrons. The topological polar surface area (TPSA) is 136 Å². The number of nitrogens with two attached hydrogens (primary N) is 1. The second kappa shape index (κ2) is 18.9. The number of carbonyl (C=O) groups excluding carboxylic acids is 3. The molecule has 0 saturated carbocycles. The van der Waals surface area contributed by atoms with Gasteiger partial charge in [-0.1, -0.05) is 78.9 Å². The maximum atomic E-state index is 12.1. The van der Waals surface area contributed by atoms with E-state index in [2.05, 4.69) is 20.3 Å². The number of carboxylic acid groups (broad SMARTS) is 1. The van der Waals surface area contributed by atoms with Crippen molar-refractivity contribution in [3.05, 3.63) is 137 Å². The SMILES string of the molecule is Nc1cccc(C(=O)O)c1.O=C(CC(=S)Cc1cccc(C(=O)OI)c1)c1ccccc1.O=C(N=C=S)c1ccccc1. The maximum absolute atomic E-state index is 12.1. The minimum absolute atomic E-state index is 0.00780. The summed E-state index contributed by atoms with van der Waals surface area (Å²) >= 11 is 11.2. The van der Waals surface area contributed by atoms with Crippen LogP contribution in [0.1, 0.15) is 53.4 Å². The van der Waals surface area contributed by atoms with Crippen molar-refractivity contribution in [1.82, 2.24) is 0 Å². The highest BCUT2D eigenvalue weighted by Gasteiger charge is 2.11. The van der Waals surface area contributed by atoms with E-state index in [4.69, 9.17) is 23.1 Å². The van der Waals surface area contributed by atoms with Gasteiger partial charge in [-0.05, 0) is 60.2 Å². The summed E-state index contributed by atoms with van der Waals surface area (Å²) in [5.74, 6) is -1.69. The fourth-order valence-corrected chi connectivity index (χ4v) is 4.04. The minimum atomic E-state index is -0.952. The van der Waals surface area contributed by atoms with Gasteiger partial charge in [0, 0.05) is 34.5 Å². The summed E-state index contributed by atoms with van der Waals surface area (Å²) in [5.41, 5.74) is 8.59. The Hall–Kier alpha value is -4.42. The molecule has 0 atom stereocenters. The van der Waals surface area contributed by atoms with Crippen LogP contribution < -0.4 is 5.73 Å². The van der Waals surface area contributed by atoms with E-state index >= 15 is 0 Å². The van der Waals surface area contributed by atoms with Crippen molar-refractivity contribution in [3.63, 3.8) is 0 Å². The molecule has 4 rings (SSSR count). The van der Waals surface area contributed by atoms with Crippen LogP contribution in [0.15, 0.2) is 114 Å². The van der Waals surface area contributed by atoms with E-state index in [9.17, 15) is 19.2 Å². The molecule has 0 aliphatic carbocycles. The molecular weight excluding hydrogens is 699 g/mol. The van der Waals surface area contributed by atoms with Gasteiger partial charge in [0.1, 0.15) is 0 Å². The van der Waals surface area contributed by atoms with Gasteiger partial charge in [0.15, 0.2) is 28.8 Å². The summed E-state index contributed by atoms with van der Waals surface area (Å²) in [5, 5.41) is 10.5. The third-order valence-electron chi connectivity index (χ3n) is 5.39. The second-order valence-electron chi connectivity index (χ2n) is 8.55. The molecular formula is C32H25IN2O6S2. The number of hydrogen-bond donors (Lipinski definition) is 2. The molecule has 0 unspecified atom stereocenters. The minimum Gasteiger partial charge on any atom is -0.478 e. The van der Waals surface area contributed by atoms with E-state index in [1.807, 2.05) is 35.5 Å². The molecule has 3 N–H and O–H groups in total. The molecule has 0 aliphatic heterocycles. The van der Waals surface area contributed by atoms with E-state index in [1.165, 1.54) is 12.1 Å². The Morgan fingerprint density at radius 1 is 0.791 bits per heavy atom. The van der Waals surface area contributed by atoms with Crippen LogP contribution in [0, 0.1) is 0 Å². The van der Waals surface area contributed by atoms with Crippen molar-refractivity contribution in [1.29, 1.82) is 0 Å². The average Bonchev–Trinajstić information content (AvgIpc) is 3.02. The van der Waals surface area contributed by atoms with Crippen molar-refractivity contribution in [3.8, 4) is 0 Å². The van der Waals surface area contributed by atoms with Crippen LogP contribution >= 0.6 is 47.4 Å². The van der Waals surface area contributed by atoms with Crippen molar-refractivity contribution < 1.29 is 27.4 Å². The number of benzene rings is 4. The van der Waals surface area contributed by atoms with E-state index in [1.54, 1.807) is 89.7 Å². The lowest BCUT2D eigenvalue weighted by molar-refractivity contribution is 0.0695. The molecule has 0 bridgehead atoms. The smallest absolute Gasteiger partial charge is 0.347 e. The fraction of sp³-hybridized carbons (Fsp3) is 0.0625. The first-order chi connectivity index (χ1) is 20.6. The van der Waals surface area contributed by atoms with Crippen LogP contribution in [0.2, 0.25) is 0 Å². The van der Waals surface area contributed by atoms with E-state index in [0.29, 0.717) is 33.7 Å². The number of hydrogen-bond acceptors (Lipinski definition) is 8. The molecule has 0 aromatic heterocycles. The lowest BCUT2D eigenvalue weighted by atomic mass is 10.0. The Morgan fingerprint density at radius 3 is 1.88 bits per heavy atom. The molecule has 0 aliphatic rings.